The minimum atomic E-state index is -0.604. The summed E-state index contributed by atoms with van der Waals surface area (Å²) in [6, 6.07) is 2.58. The molecule has 1 rings (SSSR count). The van der Waals surface area contributed by atoms with E-state index < -0.39 is 10.8 Å². The third-order valence-electron chi connectivity index (χ3n) is 1.13. The Morgan fingerprint density at radius 2 is 2.38 bits per heavy atom. The first kappa shape index (κ1) is 9.66. The second-order valence-corrected chi connectivity index (χ2v) is 3.15. The quantitative estimate of drug-likeness (QED) is 0.326. The number of rotatable bonds is 2. The molecular formula is C6H2N2O3S2. The zero-order chi connectivity index (χ0) is 9.84. The molecule has 0 fully saturated rings. The molecule has 1 heterocycles. The van der Waals surface area contributed by atoms with Gasteiger partial charge in [-0.3, -0.25) is 14.9 Å². The summed E-state index contributed by atoms with van der Waals surface area (Å²) in [4.78, 5) is 24.0. The van der Waals surface area contributed by atoms with E-state index in [0.717, 1.165) is 11.3 Å². The highest BCUT2D eigenvalue weighted by Crippen LogP contribution is 2.24. The molecule has 1 aromatic rings. The lowest BCUT2D eigenvalue weighted by molar-refractivity contribution is -0.380. The Kier molecular flexibility index (Phi) is 2.97. The van der Waals surface area contributed by atoms with Gasteiger partial charge in [-0.1, -0.05) is 11.3 Å². The summed E-state index contributed by atoms with van der Waals surface area (Å²) in [6.07, 6.45) is 0. The molecule has 0 saturated heterocycles. The van der Waals surface area contributed by atoms with Crippen LogP contribution in [0.2, 0.25) is 0 Å². The van der Waals surface area contributed by atoms with Gasteiger partial charge in [0.1, 0.15) is 4.88 Å². The van der Waals surface area contributed by atoms with Gasteiger partial charge in [0.15, 0.2) is 0 Å². The molecule has 13 heavy (non-hydrogen) atoms. The highest BCUT2D eigenvalue weighted by molar-refractivity contribution is 7.78. The van der Waals surface area contributed by atoms with E-state index in [0.29, 0.717) is 0 Å². The van der Waals surface area contributed by atoms with E-state index in [2.05, 4.69) is 17.2 Å². The number of amides is 1. The molecule has 0 aromatic carbocycles. The first-order valence-electron chi connectivity index (χ1n) is 3.01. The molecule has 1 aromatic heterocycles. The Hall–Kier alpha value is -1.43. The lowest BCUT2D eigenvalue weighted by Gasteiger charge is -1.82. The maximum Gasteiger partial charge on any atom is 0.324 e. The first-order chi connectivity index (χ1) is 6.15. The molecule has 0 bridgehead atoms. The van der Waals surface area contributed by atoms with Gasteiger partial charge in [-0.2, -0.15) is 4.99 Å². The molecular weight excluding hydrogens is 212 g/mol. The average molecular weight is 214 g/mol. The number of thiophene rings is 1. The molecule has 0 aliphatic rings. The Bertz CT molecular complexity index is 406. The number of carbonyl (C=O) groups is 1. The van der Waals surface area contributed by atoms with Gasteiger partial charge < -0.3 is 0 Å². The number of carbonyl (C=O) groups excluding carboxylic acids is 1. The van der Waals surface area contributed by atoms with Gasteiger partial charge in [-0.05, 0) is 18.3 Å². The Balaban J connectivity index is 2.98. The first-order valence-corrected chi connectivity index (χ1v) is 4.24. The molecule has 0 radical (unpaired) electrons. The maximum absolute atomic E-state index is 11.0. The third-order valence-corrected chi connectivity index (χ3v) is 2.25. The van der Waals surface area contributed by atoms with Crippen LogP contribution in [0.4, 0.5) is 5.00 Å². The summed E-state index contributed by atoms with van der Waals surface area (Å²) in [6.45, 7) is 0. The Labute approximate surface area is 81.9 Å². The van der Waals surface area contributed by atoms with E-state index >= 15 is 0 Å². The van der Waals surface area contributed by atoms with Gasteiger partial charge in [0.2, 0.25) is 0 Å². The van der Waals surface area contributed by atoms with Crippen LogP contribution >= 0.6 is 23.6 Å². The fraction of sp³-hybridized carbons (Fsp3) is 0. The van der Waals surface area contributed by atoms with E-state index in [1.54, 1.807) is 0 Å². The minimum absolute atomic E-state index is 0.0945. The smallest absolute Gasteiger partial charge is 0.265 e. The van der Waals surface area contributed by atoms with Crippen LogP contribution in [0.3, 0.4) is 0 Å². The van der Waals surface area contributed by atoms with Crippen molar-refractivity contribution in [2.45, 2.75) is 0 Å². The third kappa shape index (κ3) is 2.25. The fourth-order valence-electron chi connectivity index (χ4n) is 0.637. The molecule has 5 nitrogen and oxygen atoms in total. The van der Waals surface area contributed by atoms with Crippen molar-refractivity contribution in [3.8, 4) is 0 Å². The van der Waals surface area contributed by atoms with Crippen molar-refractivity contribution in [1.82, 2.24) is 0 Å². The number of hydrogen-bond acceptors (Lipinski definition) is 5. The van der Waals surface area contributed by atoms with Crippen molar-refractivity contribution in [2.24, 2.45) is 4.99 Å². The van der Waals surface area contributed by atoms with Crippen LogP contribution in [0.15, 0.2) is 17.1 Å². The second-order valence-electron chi connectivity index (χ2n) is 1.90. The second kappa shape index (κ2) is 3.99. The van der Waals surface area contributed by atoms with E-state index in [4.69, 9.17) is 0 Å². The maximum atomic E-state index is 11.0. The van der Waals surface area contributed by atoms with Crippen molar-refractivity contribution in [3.05, 3.63) is 27.1 Å². The van der Waals surface area contributed by atoms with Gasteiger partial charge in [0.05, 0.1) is 10.1 Å². The number of aliphatic imine (C=N–C) groups is 1. The van der Waals surface area contributed by atoms with Crippen LogP contribution < -0.4 is 0 Å². The van der Waals surface area contributed by atoms with Crippen molar-refractivity contribution in [2.75, 3.05) is 0 Å². The lowest BCUT2D eigenvalue weighted by atomic mass is 10.4. The molecule has 7 heteroatoms. The van der Waals surface area contributed by atoms with E-state index in [9.17, 15) is 14.9 Å². The predicted molar refractivity (Wildman–Crippen MR) is 50.3 cm³/mol. The van der Waals surface area contributed by atoms with E-state index in [1.165, 1.54) is 12.1 Å². The van der Waals surface area contributed by atoms with Gasteiger partial charge in [-0.25, -0.2) is 0 Å². The molecule has 0 N–H and O–H groups in total. The molecule has 0 unspecified atom stereocenters. The molecule has 1 amide bonds. The number of nitrogens with zero attached hydrogens (tertiary/aromatic N) is 2. The normalized spacial score (nSPS) is 8.92. The minimum Gasteiger partial charge on any atom is -0.265 e. The summed E-state index contributed by atoms with van der Waals surface area (Å²) < 4.78 is 0. The largest absolute Gasteiger partial charge is 0.324 e. The molecule has 0 saturated carbocycles. The molecule has 0 spiro atoms. The van der Waals surface area contributed by atoms with Crippen LogP contribution in [-0.4, -0.2) is 16.0 Å². The van der Waals surface area contributed by atoms with Gasteiger partial charge in [0.25, 0.3) is 5.91 Å². The van der Waals surface area contributed by atoms with Gasteiger partial charge in [0, 0.05) is 6.07 Å². The van der Waals surface area contributed by atoms with Crippen molar-refractivity contribution in [3.63, 3.8) is 0 Å². The summed E-state index contributed by atoms with van der Waals surface area (Å²) in [7, 11) is 0. The predicted octanol–water partition coefficient (Wildman–Crippen LogP) is 1.90. The fourth-order valence-corrected chi connectivity index (χ4v) is 1.43. The highest BCUT2D eigenvalue weighted by Gasteiger charge is 2.13. The van der Waals surface area contributed by atoms with Crippen molar-refractivity contribution in [1.29, 1.82) is 0 Å². The number of isothiocyanates is 1. The Morgan fingerprint density at radius 1 is 1.69 bits per heavy atom. The zero-order valence-electron chi connectivity index (χ0n) is 6.09. The Morgan fingerprint density at radius 3 is 2.85 bits per heavy atom. The zero-order valence-corrected chi connectivity index (χ0v) is 7.72. The van der Waals surface area contributed by atoms with Crippen molar-refractivity contribution < 1.29 is 9.72 Å². The SMILES string of the molecule is O=C(N=C=S)c1ccc([N+](=O)[O-])s1. The number of nitro groups is 1. The van der Waals surface area contributed by atoms with Gasteiger partial charge >= 0.3 is 5.00 Å². The van der Waals surface area contributed by atoms with Crippen LogP contribution in [0, 0.1) is 10.1 Å². The molecule has 0 atom stereocenters. The van der Waals surface area contributed by atoms with Crippen LogP contribution in [0.25, 0.3) is 0 Å². The van der Waals surface area contributed by atoms with Crippen LogP contribution in [-0.2, 0) is 0 Å². The molecule has 66 valence electrons. The summed E-state index contributed by atoms with van der Waals surface area (Å²) in [5.41, 5.74) is 0. The summed E-state index contributed by atoms with van der Waals surface area (Å²) >= 11 is 4.98. The monoisotopic (exact) mass is 214 g/mol. The van der Waals surface area contributed by atoms with E-state index in [1.807, 2.05) is 5.16 Å². The number of thiocarbonyl (C=S) groups is 1. The standard InChI is InChI=1S/C6H2N2O3S2/c9-6(7-3-12)4-1-2-5(13-4)8(10)11/h1-2H. The highest BCUT2D eigenvalue weighted by atomic mass is 32.1. The van der Waals surface area contributed by atoms with Crippen molar-refractivity contribution >= 4 is 39.6 Å². The average Bonchev–Trinajstić information content (AvgIpc) is 2.52. The van der Waals surface area contributed by atoms with Gasteiger partial charge in [-0.15, -0.1) is 0 Å². The molecule has 0 aliphatic carbocycles. The lowest BCUT2D eigenvalue weighted by Crippen LogP contribution is -1.87. The van der Waals surface area contributed by atoms with E-state index in [-0.39, 0.29) is 9.88 Å². The summed E-state index contributed by atoms with van der Waals surface area (Å²) in [5, 5.41) is 12.0. The van der Waals surface area contributed by atoms with Crippen LogP contribution in [0.1, 0.15) is 9.67 Å². The van der Waals surface area contributed by atoms with Crippen LogP contribution in [0.5, 0.6) is 0 Å². The number of hydrogen-bond donors (Lipinski definition) is 0. The molecule has 0 aliphatic heterocycles. The topological polar surface area (TPSA) is 72.6 Å². The summed E-state index contributed by atoms with van der Waals surface area (Å²) in [5.74, 6) is -0.604.